The summed E-state index contributed by atoms with van der Waals surface area (Å²) in [5.74, 6) is -1.87. The molecule has 0 saturated heterocycles. The molecule has 0 heterocycles. The van der Waals surface area contributed by atoms with Crippen molar-refractivity contribution in [1.82, 2.24) is 20.4 Å². The van der Waals surface area contributed by atoms with Gasteiger partial charge >= 0.3 is 12.1 Å². The highest BCUT2D eigenvalue weighted by molar-refractivity contribution is 5.89. The van der Waals surface area contributed by atoms with Crippen LogP contribution in [0.15, 0.2) is 78.9 Å². The third-order valence-corrected chi connectivity index (χ3v) is 6.90. The van der Waals surface area contributed by atoms with Crippen LogP contribution in [0, 0.1) is 0 Å². The molecule has 2 amide bonds. The van der Waals surface area contributed by atoms with Gasteiger partial charge in [-0.1, -0.05) is 78.9 Å². The van der Waals surface area contributed by atoms with E-state index in [1.54, 1.807) is 19.0 Å². The number of carboxylic acid groups (broad SMARTS) is 1. The average molecular weight is 545 g/mol. The molecule has 0 aromatic heterocycles. The zero-order chi connectivity index (χ0) is 28.6. The molecule has 2 unspecified atom stereocenters. The quantitative estimate of drug-likeness (QED) is 0.321. The van der Waals surface area contributed by atoms with Gasteiger partial charge in [-0.15, -0.1) is 0 Å². The number of carbonyl (C=O) groups excluding carboxylic acids is 2. The Morgan fingerprint density at radius 1 is 0.800 bits per heavy atom. The average Bonchev–Trinajstić information content (AvgIpc) is 3.25. The summed E-state index contributed by atoms with van der Waals surface area (Å²) in [4.78, 5) is 41.6. The maximum Gasteiger partial charge on any atom is 0.407 e. The topological polar surface area (TPSA) is 111 Å². The number of benzene rings is 3. The summed E-state index contributed by atoms with van der Waals surface area (Å²) in [6.07, 6.45) is -0.741. The van der Waals surface area contributed by atoms with Gasteiger partial charge in [0.25, 0.3) is 0 Å². The predicted molar refractivity (Wildman–Crippen MR) is 153 cm³/mol. The van der Waals surface area contributed by atoms with Crippen molar-refractivity contribution in [2.24, 2.45) is 0 Å². The van der Waals surface area contributed by atoms with Crippen molar-refractivity contribution >= 4 is 18.0 Å². The molecule has 0 spiro atoms. The molecule has 3 N–H and O–H groups in total. The summed E-state index contributed by atoms with van der Waals surface area (Å²) < 4.78 is 5.66. The van der Waals surface area contributed by atoms with Gasteiger partial charge in [0, 0.05) is 25.6 Å². The molecule has 0 fully saturated rings. The van der Waals surface area contributed by atoms with Gasteiger partial charge < -0.3 is 25.4 Å². The van der Waals surface area contributed by atoms with Gasteiger partial charge in [-0.2, -0.15) is 0 Å². The normalized spacial score (nSPS) is 13.8. The maximum atomic E-state index is 13.3. The molecule has 0 saturated carbocycles. The SMILES string of the molecule is CN(C)CC(NC(=O)C(CN(C)Cc1ccccc1)NC(=O)OCC1c2ccccc2-c2ccccc21)C(=O)O. The van der Waals surface area contributed by atoms with Gasteiger partial charge in [-0.3, -0.25) is 9.69 Å². The second-order valence-electron chi connectivity index (χ2n) is 10.4. The second-order valence-corrected chi connectivity index (χ2v) is 10.4. The third-order valence-electron chi connectivity index (χ3n) is 6.90. The Bertz CT molecular complexity index is 1280. The molecule has 40 heavy (non-hydrogen) atoms. The van der Waals surface area contributed by atoms with Crippen molar-refractivity contribution in [2.75, 3.05) is 40.8 Å². The molecule has 9 heteroatoms. The number of carboxylic acids is 1. The van der Waals surface area contributed by atoms with Crippen LogP contribution >= 0.6 is 0 Å². The number of ether oxygens (including phenoxy) is 1. The number of likely N-dealkylation sites (N-methyl/N-ethyl adjacent to an activating group) is 2. The van der Waals surface area contributed by atoms with E-state index in [2.05, 4.69) is 22.8 Å². The molecule has 0 bridgehead atoms. The number of aliphatic carboxylic acids is 1. The zero-order valence-electron chi connectivity index (χ0n) is 23.0. The molecule has 2 atom stereocenters. The van der Waals surface area contributed by atoms with Crippen LogP contribution in [-0.4, -0.2) is 85.8 Å². The smallest absolute Gasteiger partial charge is 0.407 e. The molecule has 0 aliphatic heterocycles. The van der Waals surface area contributed by atoms with E-state index >= 15 is 0 Å². The van der Waals surface area contributed by atoms with Gasteiger partial charge in [0.2, 0.25) is 5.91 Å². The number of nitrogens with one attached hydrogen (secondary N) is 2. The Hall–Kier alpha value is -4.21. The lowest BCUT2D eigenvalue weighted by Crippen LogP contribution is -2.57. The summed E-state index contributed by atoms with van der Waals surface area (Å²) in [6.45, 7) is 0.904. The lowest BCUT2D eigenvalue weighted by atomic mass is 9.98. The maximum absolute atomic E-state index is 13.3. The fourth-order valence-corrected chi connectivity index (χ4v) is 5.07. The summed E-state index contributed by atoms with van der Waals surface area (Å²) in [5, 5.41) is 14.9. The van der Waals surface area contributed by atoms with Crippen molar-refractivity contribution in [3.63, 3.8) is 0 Å². The summed E-state index contributed by atoms with van der Waals surface area (Å²) in [5.41, 5.74) is 5.45. The third kappa shape index (κ3) is 7.25. The number of rotatable bonds is 12. The highest BCUT2D eigenvalue weighted by Gasteiger charge is 2.31. The van der Waals surface area contributed by atoms with Gasteiger partial charge in [-0.25, -0.2) is 9.59 Å². The minimum atomic E-state index is -1.15. The summed E-state index contributed by atoms with van der Waals surface area (Å²) >= 11 is 0. The number of carbonyl (C=O) groups is 3. The standard InChI is InChI=1S/C31H36N4O5/c1-34(2)18-28(30(37)38)32-29(36)27(19-35(3)17-21-11-5-4-6-12-21)33-31(39)40-20-26-24-15-9-7-13-22(24)23-14-8-10-16-25(23)26/h4-16,26-28H,17-20H2,1-3H3,(H,32,36)(H,33,39)(H,37,38). The van der Waals surface area contributed by atoms with Gasteiger partial charge in [0.1, 0.15) is 18.7 Å². The molecule has 1 aliphatic rings. The lowest BCUT2D eigenvalue weighted by molar-refractivity contribution is -0.142. The monoisotopic (exact) mass is 544 g/mol. The van der Waals surface area contributed by atoms with E-state index in [1.165, 1.54) is 0 Å². The van der Waals surface area contributed by atoms with E-state index in [-0.39, 0.29) is 25.6 Å². The lowest BCUT2D eigenvalue weighted by Gasteiger charge is -2.26. The summed E-state index contributed by atoms with van der Waals surface area (Å²) in [7, 11) is 5.28. The van der Waals surface area contributed by atoms with E-state index < -0.39 is 30.1 Å². The number of fused-ring (bicyclic) bond motifs is 3. The van der Waals surface area contributed by atoms with Gasteiger partial charge in [0.15, 0.2) is 0 Å². The van der Waals surface area contributed by atoms with Crippen molar-refractivity contribution in [1.29, 1.82) is 0 Å². The van der Waals surface area contributed by atoms with Crippen molar-refractivity contribution in [3.8, 4) is 11.1 Å². The molecule has 1 aliphatic carbocycles. The predicted octanol–water partition coefficient (Wildman–Crippen LogP) is 3.16. The van der Waals surface area contributed by atoms with E-state index in [4.69, 9.17) is 4.74 Å². The second kappa shape index (κ2) is 13.2. The first-order valence-electron chi connectivity index (χ1n) is 13.2. The van der Waals surface area contributed by atoms with Crippen molar-refractivity contribution < 1.29 is 24.2 Å². The fourth-order valence-electron chi connectivity index (χ4n) is 5.07. The zero-order valence-corrected chi connectivity index (χ0v) is 23.0. The first-order valence-corrected chi connectivity index (χ1v) is 13.2. The van der Waals surface area contributed by atoms with Crippen LogP contribution in [0.1, 0.15) is 22.6 Å². The largest absolute Gasteiger partial charge is 0.480 e. The molecule has 3 aromatic rings. The van der Waals surface area contributed by atoms with E-state index in [1.807, 2.05) is 78.7 Å². The Labute approximate surface area is 234 Å². The van der Waals surface area contributed by atoms with Crippen molar-refractivity contribution in [3.05, 3.63) is 95.6 Å². The van der Waals surface area contributed by atoms with Gasteiger partial charge in [-0.05, 0) is 49.0 Å². The Morgan fingerprint density at radius 2 is 1.38 bits per heavy atom. The van der Waals surface area contributed by atoms with Crippen LogP contribution in [0.2, 0.25) is 0 Å². The highest BCUT2D eigenvalue weighted by Crippen LogP contribution is 2.44. The molecule has 210 valence electrons. The first-order chi connectivity index (χ1) is 19.2. The molecular weight excluding hydrogens is 508 g/mol. The van der Waals surface area contributed by atoms with Crippen LogP contribution in [0.5, 0.6) is 0 Å². The van der Waals surface area contributed by atoms with Crippen LogP contribution < -0.4 is 10.6 Å². The van der Waals surface area contributed by atoms with Crippen LogP contribution in [0.25, 0.3) is 11.1 Å². The molecule has 9 nitrogen and oxygen atoms in total. The minimum Gasteiger partial charge on any atom is -0.480 e. The first kappa shape index (κ1) is 28.8. The van der Waals surface area contributed by atoms with E-state index in [0.717, 1.165) is 27.8 Å². The molecule has 0 radical (unpaired) electrons. The molecule has 3 aromatic carbocycles. The Kier molecular flexibility index (Phi) is 9.52. The van der Waals surface area contributed by atoms with E-state index in [0.29, 0.717) is 6.54 Å². The van der Waals surface area contributed by atoms with Crippen LogP contribution in [0.3, 0.4) is 0 Å². The van der Waals surface area contributed by atoms with Crippen molar-refractivity contribution in [2.45, 2.75) is 24.5 Å². The highest BCUT2D eigenvalue weighted by atomic mass is 16.5. The van der Waals surface area contributed by atoms with Crippen LogP contribution in [0.4, 0.5) is 4.79 Å². The van der Waals surface area contributed by atoms with E-state index in [9.17, 15) is 19.5 Å². The van der Waals surface area contributed by atoms with Gasteiger partial charge in [0.05, 0.1) is 0 Å². The fraction of sp³-hybridized carbons (Fsp3) is 0.323. The Morgan fingerprint density at radius 3 is 1.95 bits per heavy atom. The summed E-state index contributed by atoms with van der Waals surface area (Å²) in [6, 6.07) is 23.7. The number of hydrogen-bond donors (Lipinski definition) is 3. The molecular formula is C31H36N4O5. The number of alkyl carbamates (subject to hydrolysis) is 1. The van der Waals surface area contributed by atoms with Crippen LogP contribution in [-0.2, 0) is 20.9 Å². The number of nitrogens with zero attached hydrogens (tertiary/aromatic N) is 2. The number of amides is 2. The number of hydrogen-bond acceptors (Lipinski definition) is 6. The minimum absolute atomic E-state index is 0.104. The molecule has 4 rings (SSSR count). The Balaban J connectivity index is 1.45.